The summed E-state index contributed by atoms with van der Waals surface area (Å²) in [5.74, 6) is 1.15. The highest BCUT2D eigenvalue weighted by molar-refractivity contribution is 4.93. The van der Waals surface area contributed by atoms with Gasteiger partial charge in [-0.05, 0) is 18.9 Å². The zero-order chi connectivity index (χ0) is 12.8. The van der Waals surface area contributed by atoms with Gasteiger partial charge < -0.3 is 4.74 Å². The molecule has 0 amide bonds. The summed E-state index contributed by atoms with van der Waals surface area (Å²) >= 11 is 0. The Labute approximate surface area is 108 Å². The molecule has 0 spiro atoms. The normalized spacial score (nSPS) is 11.5. The summed E-state index contributed by atoms with van der Waals surface area (Å²) in [4.78, 5) is 0. The van der Waals surface area contributed by atoms with Crippen LogP contribution in [0.15, 0.2) is 24.5 Å². The molecule has 1 heteroatoms. The van der Waals surface area contributed by atoms with Gasteiger partial charge in [0.25, 0.3) is 0 Å². The predicted octanol–water partition coefficient (Wildman–Crippen LogP) is 5.62. The highest BCUT2D eigenvalue weighted by Gasteiger charge is 1.97. The van der Waals surface area contributed by atoms with E-state index in [1.54, 1.807) is 0 Å². The lowest BCUT2D eigenvalue weighted by Gasteiger charge is -2.08. The van der Waals surface area contributed by atoms with Gasteiger partial charge in [0.1, 0.15) is 6.61 Å². The lowest BCUT2D eigenvalue weighted by atomic mass is 10.1. The quantitative estimate of drug-likeness (QED) is 0.243. The molecule has 0 rings (SSSR count). The molecular weight excluding hydrogens is 208 g/mol. The second kappa shape index (κ2) is 13.3. The Morgan fingerprint density at radius 1 is 1.00 bits per heavy atom. The van der Waals surface area contributed by atoms with E-state index in [4.69, 9.17) is 4.74 Å². The molecular formula is C16H30O. The minimum Gasteiger partial charge on any atom is -0.494 e. The van der Waals surface area contributed by atoms with Crippen LogP contribution in [0.5, 0.6) is 0 Å². The summed E-state index contributed by atoms with van der Waals surface area (Å²) in [6, 6.07) is 0. The van der Waals surface area contributed by atoms with Crippen LogP contribution in [0.4, 0.5) is 0 Å². The molecule has 0 aromatic carbocycles. The van der Waals surface area contributed by atoms with E-state index in [9.17, 15) is 0 Å². The molecule has 0 aromatic heterocycles. The van der Waals surface area contributed by atoms with Gasteiger partial charge in [-0.25, -0.2) is 0 Å². The second-order valence-corrected chi connectivity index (χ2v) is 4.55. The van der Waals surface area contributed by atoms with Crippen molar-refractivity contribution in [2.45, 2.75) is 71.6 Å². The zero-order valence-electron chi connectivity index (χ0n) is 11.8. The van der Waals surface area contributed by atoms with Crippen LogP contribution in [0.25, 0.3) is 0 Å². The van der Waals surface area contributed by atoms with Gasteiger partial charge in [-0.15, -0.1) is 0 Å². The third kappa shape index (κ3) is 11.5. The molecule has 0 saturated heterocycles. The molecule has 0 atom stereocenters. The van der Waals surface area contributed by atoms with E-state index < -0.39 is 0 Å². The molecule has 0 heterocycles. The predicted molar refractivity (Wildman–Crippen MR) is 77.1 cm³/mol. The first-order chi connectivity index (χ1) is 8.35. The molecule has 0 aromatic rings. The van der Waals surface area contributed by atoms with E-state index in [1.807, 2.05) is 6.08 Å². The smallest absolute Gasteiger partial charge is 0.106 e. The molecule has 1 nitrogen and oxygen atoms in total. The monoisotopic (exact) mass is 238 g/mol. The van der Waals surface area contributed by atoms with Crippen LogP contribution < -0.4 is 0 Å². The first-order valence-electron chi connectivity index (χ1n) is 7.27. The molecule has 0 unspecified atom stereocenters. The highest BCUT2D eigenvalue weighted by Crippen LogP contribution is 2.13. The molecule has 0 saturated carbocycles. The summed E-state index contributed by atoms with van der Waals surface area (Å²) in [5, 5.41) is 0. The first kappa shape index (κ1) is 16.3. The number of hydrogen-bond acceptors (Lipinski definition) is 1. The van der Waals surface area contributed by atoms with Crippen LogP contribution in [0.1, 0.15) is 71.6 Å². The van der Waals surface area contributed by atoms with Crippen LogP contribution in [-0.2, 0) is 4.74 Å². The van der Waals surface area contributed by atoms with Crippen LogP contribution in [-0.4, -0.2) is 6.61 Å². The SMILES string of the molecule is C=CCOC(=CCC)CCCCCCCCC. The number of allylic oxidation sites excluding steroid dienone is 2. The standard InChI is InChI=1S/C16H30O/c1-4-7-8-9-10-11-12-14-16(13-5-2)17-15-6-3/h6,13H,3-5,7-12,14-15H2,1-2H3. The molecule has 0 bridgehead atoms. The van der Waals surface area contributed by atoms with E-state index >= 15 is 0 Å². The molecule has 0 aliphatic heterocycles. The molecule has 17 heavy (non-hydrogen) atoms. The fraction of sp³-hybridized carbons (Fsp3) is 0.750. The number of unbranched alkanes of at least 4 members (excludes halogenated alkanes) is 6. The summed E-state index contributed by atoms with van der Waals surface area (Å²) in [7, 11) is 0. The van der Waals surface area contributed by atoms with Crippen LogP contribution >= 0.6 is 0 Å². The molecule has 0 radical (unpaired) electrons. The molecule has 0 aliphatic rings. The Hall–Kier alpha value is -0.720. The second-order valence-electron chi connectivity index (χ2n) is 4.55. The van der Waals surface area contributed by atoms with Crippen LogP contribution in [0, 0.1) is 0 Å². The van der Waals surface area contributed by atoms with Gasteiger partial charge in [-0.1, -0.05) is 65.0 Å². The van der Waals surface area contributed by atoms with Crippen molar-refractivity contribution < 1.29 is 4.74 Å². The third-order valence-corrected chi connectivity index (χ3v) is 2.85. The van der Waals surface area contributed by atoms with Gasteiger partial charge in [0.15, 0.2) is 0 Å². The van der Waals surface area contributed by atoms with Gasteiger partial charge in [0.2, 0.25) is 0 Å². The summed E-state index contributed by atoms with van der Waals surface area (Å²) in [6.07, 6.45) is 15.7. The minimum atomic E-state index is 0.641. The van der Waals surface area contributed by atoms with Crippen LogP contribution in [0.3, 0.4) is 0 Å². The summed E-state index contributed by atoms with van der Waals surface area (Å²) in [5.41, 5.74) is 0. The fourth-order valence-electron chi connectivity index (χ4n) is 1.88. The van der Waals surface area contributed by atoms with Crippen molar-refractivity contribution in [3.8, 4) is 0 Å². The zero-order valence-corrected chi connectivity index (χ0v) is 11.8. The molecule has 100 valence electrons. The molecule has 0 aliphatic carbocycles. The average molecular weight is 238 g/mol. The lowest BCUT2D eigenvalue weighted by molar-refractivity contribution is 0.232. The molecule has 0 N–H and O–H groups in total. The average Bonchev–Trinajstić information content (AvgIpc) is 2.34. The van der Waals surface area contributed by atoms with Gasteiger partial charge in [0, 0.05) is 6.42 Å². The van der Waals surface area contributed by atoms with E-state index in [1.165, 1.54) is 44.9 Å². The number of ether oxygens (including phenoxy) is 1. The Balaban J connectivity index is 3.47. The van der Waals surface area contributed by atoms with Gasteiger partial charge in [0.05, 0.1) is 5.76 Å². The Morgan fingerprint density at radius 3 is 2.24 bits per heavy atom. The molecule has 0 fully saturated rings. The largest absolute Gasteiger partial charge is 0.494 e. The number of rotatable bonds is 12. The Kier molecular flexibility index (Phi) is 12.8. The highest BCUT2D eigenvalue weighted by atomic mass is 16.5. The van der Waals surface area contributed by atoms with Gasteiger partial charge in [-0.2, -0.15) is 0 Å². The van der Waals surface area contributed by atoms with Gasteiger partial charge >= 0.3 is 0 Å². The van der Waals surface area contributed by atoms with Crippen molar-refractivity contribution in [3.63, 3.8) is 0 Å². The summed E-state index contributed by atoms with van der Waals surface area (Å²) in [6.45, 7) is 8.74. The summed E-state index contributed by atoms with van der Waals surface area (Å²) < 4.78 is 5.62. The van der Waals surface area contributed by atoms with Crippen molar-refractivity contribution in [1.29, 1.82) is 0 Å². The van der Waals surface area contributed by atoms with E-state index in [2.05, 4.69) is 26.5 Å². The van der Waals surface area contributed by atoms with E-state index in [0.29, 0.717) is 6.61 Å². The van der Waals surface area contributed by atoms with Crippen molar-refractivity contribution in [2.75, 3.05) is 6.61 Å². The Morgan fingerprint density at radius 2 is 1.65 bits per heavy atom. The Bertz CT molecular complexity index is 194. The van der Waals surface area contributed by atoms with Gasteiger partial charge in [-0.3, -0.25) is 0 Å². The maximum atomic E-state index is 5.62. The maximum Gasteiger partial charge on any atom is 0.106 e. The van der Waals surface area contributed by atoms with E-state index in [0.717, 1.165) is 18.6 Å². The third-order valence-electron chi connectivity index (χ3n) is 2.85. The maximum absolute atomic E-state index is 5.62. The minimum absolute atomic E-state index is 0.641. The number of hydrogen-bond donors (Lipinski definition) is 0. The van der Waals surface area contributed by atoms with Crippen molar-refractivity contribution in [2.24, 2.45) is 0 Å². The topological polar surface area (TPSA) is 9.23 Å². The fourth-order valence-corrected chi connectivity index (χ4v) is 1.88. The van der Waals surface area contributed by atoms with Crippen molar-refractivity contribution in [3.05, 3.63) is 24.5 Å². The van der Waals surface area contributed by atoms with Crippen LogP contribution in [0.2, 0.25) is 0 Å². The van der Waals surface area contributed by atoms with E-state index in [-0.39, 0.29) is 0 Å². The lowest BCUT2D eigenvalue weighted by Crippen LogP contribution is -1.93. The van der Waals surface area contributed by atoms with Crippen molar-refractivity contribution in [1.82, 2.24) is 0 Å². The first-order valence-corrected chi connectivity index (χ1v) is 7.27. The van der Waals surface area contributed by atoms with Crippen molar-refractivity contribution >= 4 is 0 Å².